The van der Waals surface area contributed by atoms with Gasteiger partial charge < -0.3 is 19.5 Å². The Morgan fingerprint density at radius 2 is 1.78 bits per heavy atom. The molecule has 0 fully saturated rings. The molecule has 0 radical (unpaired) electrons. The molecule has 0 saturated carbocycles. The van der Waals surface area contributed by atoms with Gasteiger partial charge >= 0.3 is 0 Å². The zero-order valence-corrected chi connectivity index (χ0v) is 15.5. The van der Waals surface area contributed by atoms with Crippen LogP contribution in [-0.2, 0) is 4.79 Å². The zero-order chi connectivity index (χ0) is 16.8. The van der Waals surface area contributed by atoms with Crippen LogP contribution in [0, 0.1) is 3.57 Å². The topological polar surface area (TPSA) is 56.8 Å². The lowest BCUT2D eigenvalue weighted by Crippen LogP contribution is -2.20. The number of carbonyl (C=O) groups is 1. The van der Waals surface area contributed by atoms with Crippen molar-refractivity contribution in [2.75, 3.05) is 26.1 Å². The molecule has 0 bridgehead atoms. The number of nitrogens with one attached hydrogen (secondary N) is 1. The summed E-state index contributed by atoms with van der Waals surface area (Å²) in [4.78, 5) is 12.0. The summed E-state index contributed by atoms with van der Waals surface area (Å²) in [7, 11) is 3.01. The van der Waals surface area contributed by atoms with E-state index in [-0.39, 0.29) is 12.5 Å². The van der Waals surface area contributed by atoms with Crippen LogP contribution in [0.5, 0.6) is 17.2 Å². The number of amides is 1. The predicted molar refractivity (Wildman–Crippen MR) is 97.8 cm³/mol. The summed E-state index contributed by atoms with van der Waals surface area (Å²) in [5.41, 5.74) is 0.453. The Kier molecular flexibility index (Phi) is 6.35. The van der Waals surface area contributed by atoms with Crippen molar-refractivity contribution in [1.29, 1.82) is 0 Å². The van der Waals surface area contributed by atoms with E-state index in [0.29, 0.717) is 28.0 Å². The van der Waals surface area contributed by atoms with Crippen LogP contribution in [0.2, 0.25) is 5.02 Å². The van der Waals surface area contributed by atoms with Crippen LogP contribution in [-0.4, -0.2) is 26.7 Å². The van der Waals surface area contributed by atoms with E-state index in [1.54, 1.807) is 24.3 Å². The average Bonchev–Trinajstić information content (AvgIpc) is 2.54. The second-order valence-corrected chi connectivity index (χ2v) is 6.13. The third-order valence-corrected chi connectivity index (χ3v) is 3.95. The maximum absolute atomic E-state index is 12.0. The van der Waals surface area contributed by atoms with Crippen molar-refractivity contribution in [1.82, 2.24) is 0 Å². The first kappa shape index (κ1) is 17.7. The molecule has 0 aromatic heterocycles. The van der Waals surface area contributed by atoms with Crippen molar-refractivity contribution >= 4 is 45.8 Å². The largest absolute Gasteiger partial charge is 0.495 e. The van der Waals surface area contributed by atoms with E-state index in [2.05, 4.69) is 27.9 Å². The van der Waals surface area contributed by atoms with Gasteiger partial charge in [-0.25, -0.2) is 0 Å². The molecule has 5 nitrogen and oxygen atoms in total. The monoisotopic (exact) mass is 447 g/mol. The maximum atomic E-state index is 12.0. The predicted octanol–water partition coefficient (Wildman–Crippen LogP) is 3.98. The van der Waals surface area contributed by atoms with Gasteiger partial charge in [-0.3, -0.25) is 4.79 Å². The molecular formula is C16H15ClINO4. The summed E-state index contributed by atoms with van der Waals surface area (Å²) in [5, 5.41) is 3.08. The molecule has 0 atom stereocenters. The highest BCUT2D eigenvalue weighted by Crippen LogP contribution is 2.35. The molecule has 0 aliphatic carbocycles. The first-order valence-corrected chi connectivity index (χ1v) is 8.09. The van der Waals surface area contributed by atoms with Crippen LogP contribution in [0.3, 0.4) is 0 Å². The Labute approximate surface area is 153 Å². The fourth-order valence-corrected chi connectivity index (χ4v) is 2.42. The Bertz CT molecular complexity index is 691. The highest BCUT2D eigenvalue weighted by molar-refractivity contribution is 14.1. The minimum Gasteiger partial charge on any atom is -0.495 e. The van der Waals surface area contributed by atoms with Crippen molar-refractivity contribution in [3.63, 3.8) is 0 Å². The van der Waals surface area contributed by atoms with Gasteiger partial charge in [-0.2, -0.15) is 0 Å². The molecule has 1 N–H and O–H groups in total. The van der Waals surface area contributed by atoms with Gasteiger partial charge in [0.15, 0.2) is 6.61 Å². The minimum absolute atomic E-state index is 0.118. The highest BCUT2D eigenvalue weighted by atomic mass is 127. The van der Waals surface area contributed by atoms with E-state index in [9.17, 15) is 4.79 Å². The third-order valence-electron chi connectivity index (χ3n) is 2.93. The molecule has 0 saturated heterocycles. The fourth-order valence-electron chi connectivity index (χ4n) is 1.82. The number of ether oxygens (including phenoxy) is 3. The lowest BCUT2D eigenvalue weighted by Gasteiger charge is -2.13. The van der Waals surface area contributed by atoms with Crippen molar-refractivity contribution in [2.45, 2.75) is 0 Å². The van der Waals surface area contributed by atoms with Gasteiger partial charge in [0.2, 0.25) is 0 Å². The van der Waals surface area contributed by atoms with Gasteiger partial charge in [0.05, 0.1) is 24.9 Å². The molecular weight excluding hydrogens is 433 g/mol. The summed E-state index contributed by atoms with van der Waals surface area (Å²) in [6.07, 6.45) is 0. The molecule has 0 spiro atoms. The van der Waals surface area contributed by atoms with Gasteiger partial charge in [-0.1, -0.05) is 11.6 Å². The van der Waals surface area contributed by atoms with Gasteiger partial charge in [0.1, 0.15) is 17.2 Å². The lowest BCUT2D eigenvalue weighted by atomic mass is 10.2. The highest BCUT2D eigenvalue weighted by Gasteiger charge is 2.13. The van der Waals surface area contributed by atoms with Crippen molar-refractivity contribution in [2.24, 2.45) is 0 Å². The van der Waals surface area contributed by atoms with Crippen LogP contribution in [0.1, 0.15) is 0 Å². The summed E-state index contributed by atoms with van der Waals surface area (Å²) >= 11 is 8.26. The summed E-state index contributed by atoms with van der Waals surface area (Å²) in [6.45, 7) is -0.118. The maximum Gasteiger partial charge on any atom is 0.262 e. The van der Waals surface area contributed by atoms with E-state index in [1.807, 2.05) is 12.1 Å². The third kappa shape index (κ3) is 4.90. The van der Waals surface area contributed by atoms with Crippen LogP contribution < -0.4 is 19.5 Å². The first-order chi connectivity index (χ1) is 11.0. The summed E-state index contributed by atoms with van der Waals surface area (Å²) in [6, 6.07) is 10.6. The molecule has 2 aromatic rings. The normalized spacial score (nSPS) is 10.1. The lowest BCUT2D eigenvalue weighted by molar-refractivity contribution is -0.118. The number of halogens is 2. The minimum atomic E-state index is -0.317. The van der Waals surface area contributed by atoms with Crippen LogP contribution in [0.25, 0.3) is 0 Å². The molecule has 0 unspecified atom stereocenters. The quantitative estimate of drug-likeness (QED) is 0.681. The van der Waals surface area contributed by atoms with Crippen molar-refractivity contribution in [3.05, 3.63) is 45.0 Å². The number of hydrogen-bond donors (Lipinski definition) is 1. The van der Waals surface area contributed by atoms with E-state index >= 15 is 0 Å². The van der Waals surface area contributed by atoms with Gasteiger partial charge in [-0.15, -0.1) is 0 Å². The van der Waals surface area contributed by atoms with Crippen molar-refractivity contribution in [3.8, 4) is 17.2 Å². The number of rotatable bonds is 6. The molecule has 0 heterocycles. The Morgan fingerprint density at radius 1 is 1.13 bits per heavy atom. The SMILES string of the molecule is COc1cc(OC)c(NC(=O)COc2ccc(I)cc2)cc1Cl. The second-order valence-electron chi connectivity index (χ2n) is 4.48. The van der Waals surface area contributed by atoms with Crippen LogP contribution >= 0.6 is 34.2 Å². The van der Waals surface area contributed by atoms with E-state index in [0.717, 1.165) is 3.57 Å². The molecule has 0 aliphatic rings. The smallest absolute Gasteiger partial charge is 0.262 e. The van der Waals surface area contributed by atoms with Crippen LogP contribution in [0.15, 0.2) is 36.4 Å². The number of hydrogen-bond acceptors (Lipinski definition) is 4. The molecule has 7 heteroatoms. The van der Waals surface area contributed by atoms with Crippen LogP contribution in [0.4, 0.5) is 5.69 Å². The van der Waals surface area contributed by atoms with E-state index < -0.39 is 0 Å². The molecule has 122 valence electrons. The Hall–Kier alpha value is -1.67. The molecule has 0 aliphatic heterocycles. The first-order valence-electron chi connectivity index (χ1n) is 6.63. The summed E-state index contributed by atoms with van der Waals surface area (Å²) in [5.74, 6) is 1.23. The van der Waals surface area contributed by atoms with Gasteiger partial charge in [0.25, 0.3) is 5.91 Å². The standard InChI is InChI=1S/C16H15ClINO4/c1-21-14-8-15(22-2)13(7-12(14)17)19-16(20)9-23-11-5-3-10(18)4-6-11/h3-8H,9H2,1-2H3,(H,19,20). The number of benzene rings is 2. The Morgan fingerprint density at radius 3 is 2.39 bits per heavy atom. The number of carbonyl (C=O) groups excluding carboxylic acids is 1. The fraction of sp³-hybridized carbons (Fsp3) is 0.188. The van der Waals surface area contributed by atoms with Gasteiger partial charge in [-0.05, 0) is 52.9 Å². The van der Waals surface area contributed by atoms with Crippen molar-refractivity contribution < 1.29 is 19.0 Å². The van der Waals surface area contributed by atoms with E-state index in [4.69, 9.17) is 25.8 Å². The molecule has 2 rings (SSSR count). The average molecular weight is 448 g/mol. The molecule has 2 aromatic carbocycles. The number of methoxy groups -OCH3 is 2. The molecule has 23 heavy (non-hydrogen) atoms. The number of anilines is 1. The summed E-state index contributed by atoms with van der Waals surface area (Å²) < 4.78 is 16.9. The molecule has 1 amide bonds. The van der Waals surface area contributed by atoms with E-state index in [1.165, 1.54) is 14.2 Å². The van der Waals surface area contributed by atoms with Gasteiger partial charge in [0, 0.05) is 9.64 Å². The zero-order valence-electron chi connectivity index (χ0n) is 12.6. The second kappa shape index (κ2) is 8.26. The Balaban J connectivity index is 2.02.